The predicted molar refractivity (Wildman–Crippen MR) is 91.7 cm³/mol. The van der Waals surface area contributed by atoms with Crippen molar-refractivity contribution in [2.75, 3.05) is 11.1 Å². The molecule has 1 saturated carbocycles. The molecule has 1 aliphatic carbocycles. The molecular weight excluding hydrogens is 340 g/mol. The highest BCUT2D eigenvalue weighted by molar-refractivity contribution is 7.99. The normalized spacial score (nSPS) is 13.8. The molecule has 3 aromatic rings. The van der Waals surface area contributed by atoms with Gasteiger partial charge < -0.3 is 4.52 Å². The molecule has 0 aliphatic heterocycles. The molecule has 0 spiro atoms. The predicted octanol–water partition coefficient (Wildman–Crippen LogP) is 2.57. The number of hydrogen-bond acceptors (Lipinski definition) is 7. The van der Waals surface area contributed by atoms with E-state index in [-0.39, 0.29) is 17.7 Å². The van der Waals surface area contributed by atoms with E-state index in [1.807, 2.05) is 34.9 Å². The number of thioether (sulfide) groups is 1. The van der Waals surface area contributed by atoms with Crippen molar-refractivity contribution in [3.8, 4) is 5.69 Å². The van der Waals surface area contributed by atoms with Crippen LogP contribution in [-0.2, 0) is 4.79 Å². The minimum absolute atomic E-state index is 0.103. The minimum atomic E-state index is -0.232. The van der Waals surface area contributed by atoms with Gasteiger partial charge in [-0.3, -0.25) is 14.7 Å². The van der Waals surface area contributed by atoms with Crippen LogP contribution < -0.4 is 5.32 Å². The van der Waals surface area contributed by atoms with E-state index >= 15 is 0 Å². The van der Waals surface area contributed by atoms with Crippen molar-refractivity contribution < 1.29 is 9.32 Å². The third kappa shape index (κ3) is 3.55. The van der Waals surface area contributed by atoms with Gasteiger partial charge in [0.25, 0.3) is 0 Å². The largest absolute Gasteiger partial charge is 0.328 e. The molecule has 0 unspecified atom stereocenters. The van der Waals surface area contributed by atoms with Gasteiger partial charge in [0.15, 0.2) is 11.0 Å². The van der Waals surface area contributed by atoms with Crippen LogP contribution in [0.5, 0.6) is 0 Å². The summed E-state index contributed by atoms with van der Waals surface area (Å²) in [4.78, 5) is 16.0. The Hall–Kier alpha value is -2.68. The van der Waals surface area contributed by atoms with Crippen LogP contribution >= 0.6 is 11.8 Å². The fraction of sp³-hybridized carbons (Fsp3) is 0.312. The van der Waals surface area contributed by atoms with E-state index in [4.69, 9.17) is 4.52 Å². The van der Waals surface area contributed by atoms with Gasteiger partial charge in [0.2, 0.25) is 5.91 Å². The van der Waals surface area contributed by atoms with Gasteiger partial charge in [0, 0.05) is 11.6 Å². The SMILES string of the molecule is Cc1noc(NC(=O)CSc2nnc(C3CC3)n2-c2ccccc2)n1. The van der Waals surface area contributed by atoms with Crippen LogP contribution in [-0.4, -0.2) is 36.6 Å². The molecule has 9 heteroatoms. The molecule has 4 rings (SSSR count). The third-order valence-corrected chi connectivity index (χ3v) is 4.65. The van der Waals surface area contributed by atoms with Crippen molar-refractivity contribution in [3.05, 3.63) is 42.0 Å². The van der Waals surface area contributed by atoms with Crippen LogP contribution in [0.3, 0.4) is 0 Å². The zero-order chi connectivity index (χ0) is 17.2. The first kappa shape index (κ1) is 15.8. The number of carbonyl (C=O) groups excluding carboxylic acids is 1. The Labute approximate surface area is 148 Å². The topological polar surface area (TPSA) is 98.7 Å². The first-order chi connectivity index (χ1) is 12.2. The molecule has 1 fully saturated rings. The van der Waals surface area contributed by atoms with E-state index in [2.05, 4.69) is 25.7 Å². The number of nitrogens with zero attached hydrogens (tertiary/aromatic N) is 5. The van der Waals surface area contributed by atoms with Crippen molar-refractivity contribution >= 4 is 23.7 Å². The van der Waals surface area contributed by atoms with Crippen LogP contribution in [0, 0.1) is 6.92 Å². The van der Waals surface area contributed by atoms with Crippen molar-refractivity contribution in [3.63, 3.8) is 0 Å². The lowest BCUT2D eigenvalue weighted by atomic mass is 10.3. The Morgan fingerprint density at radius 2 is 2.12 bits per heavy atom. The van der Waals surface area contributed by atoms with Crippen LogP contribution in [0.1, 0.15) is 30.4 Å². The second-order valence-corrected chi connectivity index (χ2v) is 6.71. The number of amides is 1. The molecule has 1 aliphatic rings. The molecule has 25 heavy (non-hydrogen) atoms. The van der Waals surface area contributed by atoms with E-state index in [0.29, 0.717) is 16.9 Å². The molecule has 0 bridgehead atoms. The van der Waals surface area contributed by atoms with Gasteiger partial charge in [0.1, 0.15) is 5.82 Å². The van der Waals surface area contributed by atoms with Crippen LogP contribution in [0.25, 0.3) is 5.69 Å². The van der Waals surface area contributed by atoms with Gasteiger partial charge >= 0.3 is 6.01 Å². The van der Waals surface area contributed by atoms with Crippen molar-refractivity contribution in [2.24, 2.45) is 0 Å². The first-order valence-corrected chi connectivity index (χ1v) is 8.93. The summed E-state index contributed by atoms with van der Waals surface area (Å²) in [5.74, 6) is 1.83. The third-order valence-electron chi connectivity index (χ3n) is 3.72. The monoisotopic (exact) mass is 356 g/mol. The standard InChI is InChI=1S/C16H16N6O2S/c1-10-17-15(24-21-10)18-13(23)9-25-16-20-19-14(11-7-8-11)22(16)12-5-3-2-4-6-12/h2-6,11H,7-9H2,1H3,(H,17,18,21,23). The van der Waals surface area contributed by atoms with E-state index in [0.717, 1.165) is 24.4 Å². The first-order valence-electron chi connectivity index (χ1n) is 7.94. The molecule has 2 aromatic heterocycles. The van der Waals surface area contributed by atoms with Crippen molar-refractivity contribution in [2.45, 2.75) is 30.8 Å². The molecule has 0 atom stereocenters. The number of para-hydroxylation sites is 1. The molecule has 0 saturated heterocycles. The van der Waals surface area contributed by atoms with Crippen LogP contribution in [0.15, 0.2) is 40.0 Å². The number of aromatic nitrogens is 5. The fourth-order valence-corrected chi connectivity index (χ4v) is 3.19. The molecule has 128 valence electrons. The second kappa shape index (κ2) is 6.67. The van der Waals surface area contributed by atoms with Gasteiger partial charge in [-0.25, -0.2) is 0 Å². The highest BCUT2D eigenvalue weighted by atomic mass is 32.2. The van der Waals surface area contributed by atoms with Gasteiger partial charge in [-0.1, -0.05) is 35.1 Å². The lowest BCUT2D eigenvalue weighted by Gasteiger charge is -2.09. The maximum absolute atomic E-state index is 12.1. The average molecular weight is 356 g/mol. The number of nitrogens with one attached hydrogen (secondary N) is 1. The molecule has 8 nitrogen and oxygen atoms in total. The summed E-state index contributed by atoms with van der Waals surface area (Å²) in [5.41, 5.74) is 1.00. The maximum atomic E-state index is 12.1. The van der Waals surface area contributed by atoms with Crippen LogP contribution in [0.4, 0.5) is 6.01 Å². The molecule has 1 N–H and O–H groups in total. The molecule has 2 heterocycles. The van der Waals surface area contributed by atoms with E-state index in [9.17, 15) is 4.79 Å². The number of aryl methyl sites for hydroxylation is 1. The number of carbonyl (C=O) groups is 1. The zero-order valence-corrected chi connectivity index (χ0v) is 14.4. The highest BCUT2D eigenvalue weighted by Crippen LogP contribution is 2.41. The van der Waals surface area contributed by atoms with Gasteiger partial charge in [-0.15, -0.1) is 10.2 Å². The Morgan fingerprint density at radius 1 is 1.32 bits per heavy atom. The number of rotatable bonds is 6. The summed E-state index contributed by atoms with van der Waals surface area (Å²) < 4.78 is 6.92. The van der Waals surface area contributed by atoms with Gasteiger partial charge in [-0.05, 0) is 31.9 Å². The Morgan fingerprint density at radius 3 is 2.80 bits per heavy atom. The summed E-state index contributed by atoms with van der Waals surface area (Å²) in [7, 11) is 0. The highest BCUT2D eigenvalue weighted by Gasteiger charge is 2.31. The lowest BCUT2D eigenvalue weighted by molar-refractivity contribution is -0.114. The lowest BCUT2D eigenvalue weighted by Crippen LogP contribution is -2.15. The Bertz CT molecular complexity index is 887. The molecule has 1 aromatic carbocycles. The summed E-state index contributed by atoms with van der Waals surface area (Å²) in [6.45, 7) is 1.69. The number of hydrogen-bond donors (Lipinski definition) is 1. The maximum Gasteiger partial charge on any atom is 0.328 e. The minimum Gasteiger partial charge on any atom is -0.315 e. The quantitative estimate of drug-likeness (QED) is 0.678. The average Bonchev–Trinajstić information content (AvgIpc) is 3.25. The van der Waals surface area contributed by atoms with E-state index in [1.165, 1.54) is 11.8 Å². The van der Waals surface area contributed by atoms with Gasteiger partial charge in [-0.2, -0.15) is 4.98 Å². The van der Waals surface area contributed by atoms with Crippen molar-refractivity contribution in [1.82, 2.24) is 24.9 Å². The van der Waals surface area contributed by atoms with Gasteiger partial charge in [0.05, 0.1) is 5.75 Å². The Balaban J connectivity index is 1.50. The smallest absolute Gasteiger partial charge is 0.315 e. The van der Waals surface area contributed by atoms with E-state index in [1.54, 1.807) is 6.92 Å². The summed E-state index contributed by atoms with van der Waals surface area (Å²) in [6.07, 6.45) is 2.26. The molecule has 1 amide bonds. The summed E-state index contributed by atoms with van der Waals surface area (Å²) >= 11 is 1.33. The number of anilines is 1. The van der Waals surface area contributed by atoms with Crippen molar-refractivity contribution in [1.29, 1.82) is 0 Å². The van der Waals surface area contributed by atoms with E-state index < -0.39 is 0 Å². The summed E-state index contributed by atoms with van der Waals surface area (Å²) in [5, 5.41) is 15.5. The molecular formula is C16H16N6O2S. The second-order valence-electron chi connectivity index (χ2n) is 5.77. The van der Waals surface area contributed by atoms with Crippen LogP contribution in [0.2, 0.25) is 0 Å². The molecule has 0 radical (unpaired) electrons. The Kier molecular flexibility index (Phi) is 4.22. The fourth-order valence-electron chi connectivity index (χ4n) is 2.43. The number of benzene rings is 1. The summed E-state index contributed by atoms with van der Waals surface area (Å²) in [6, 6.07) is 10.1. The zero-order valence-electron chi connectivity index (χ0n) is 13.5.